The molecule has 2 heterocycles. The molecule has 1 N–H and O–H groups in total. The number of amides is 1. The summed E-state index contributed by atoms with van der Waals surface area (Å²) in [6.07, 6.45) is 2.29. The Kier molecular flexibility index (Phi) is 6.81. The van der Waals surface area contributed by atoms with Crippen LogP contribution in [0, 0.1) is 0 Å². The molecule has 2 unspecified atom stereocenters. The number of piperidine rings is 1. The number of aromatic nitrogens is 1. The fourth-order valence-corrected chi connectivity index (χ4v) is 4.20. The number of nitrogens with one attached hydrogen (secondary N) is 1. The lowest BCUT2D eigenvalue weighted by Gasteiger charge is -2.40. The van der Waals surface area contributed by atoms with E-state index in [0.717, 1.165) is 11.9 Å². The van der Waals surface area contributed by atoms with E-state index in [1.165, 1.54) is 0 Å². The maximum absolute atomic E-state index is 12.5. The van der Waals surface area contributed by atoms with Gasteiger partial charge < -0.3 is 9.64 Å². The van der Waals surface area contributed by atoms with E-state index in [2.05, 4.69) is 25.6 Å². The highest BCUT2D eigenvalue weighted by atomic mass is 79.9. The molecule has 1 aromatic rings. The molecule has 1 amide bonds. The number of hydrogen-bond acceptors (Lipinski definition) is 5. The first kappa shape index (κ1) is 20.1. The molecule has 0 bridgehead atoms. The first-order valence-corrected chi connectivity index (χ1v) is 10.9. The van der Waals surface area contributed by atoms with Gasteiger partial charge in [0.25, 0.3) is 0 Å². The Labute approximate surface area is 157 Å². The molecule has 1 aromatic heterocycles. The molecule has 1 fully saturated rings. The van der Waals surface area contributed by atoms with Crippen LogP contribution >= 0.6 is 15.9 Å². The van der Waals surface area contributed by atoms with Crippen LogP contribution in [0.25, 0.3) is 0 Å². The SMILES string of the molecule is CC(C)OC(=O)N1CCCC(NS(C)(=O)=O)C1Cc1cccc(Br)n1. The van der Waals surface area contributed by atoms with Crippen LogP contribution in [0.1, 0.15) is 32.4 Å². The third kappa shape index (κ3) is 6.23. The standard InChI is InChI=1S/C16H24BrN3O4S/c1-11(2)24-16(21)20-9-5-7-13(19-25(3,22)23)14(20)10-12-6-4-8-15(17)18-12/h4,6,8,11,13-14,19H,5,7,9-10H2,1-3H3. The van der Waals surface area contributed by atoms with E-state index in [0.29, 0.717) is 30.4 Å². The molecular formula is C16H24BrN3O4S. The van der Waals surface area contributed by atoms with Crippen molar-refractivity contribution in [1.82, 2.24) is 14.6 Å². The lowest BCUT2D eigenvalue weighted by molar-refractivity contribution is 0.0459. The Balaban J connectivity index is 2.28. The number of ether oxygens (including phenoxy) is 1. The second-order valence-corrected chi connectivity index (χ2v) is 9.08. The minimum Gasteiger partial charge on any atom is -0.447 e. The molecule has 1 aliphatic heterocycles. The number of hydrogen-bond donors (Lipinski definition) is 1. The molecule has 1 saturated heterocycles. The average Bonchev–Trinajstić information content (AvgIpc) is 2.46. The summed E-state index contributed by atoms with van der Waals surface area (Å²) >= 11 is 3.34. The Morgan fingerprint density at radius 3 is 2.80 bits per heavy atom. The predicted molar refractivity (Wildman–Crippen MR) is 98.8 cm³/mol. The van der Waals surface area contributed by atoms with Gasteiger partial charge in [-0.1, -0.05) is 6.07 Å². The average molecular weight is 434 g/mol. The summed E-state index contributed by atoms with van der Waals surface area (Å²) in [5, 5.41) is 0. The number of rotatable bonds is 5. The summed E-state index contributed by atoms with van der Waals surface area (Å²) in [6.45, 7) is 4.12. The highest BCUT2D eigenvalue weighted by molar-refractivity contribution is 9.10. The molecule has 7 nitrogen and oxygen atoms in total. The number of carbonyl (C=O) groups excluding carboxylic acids is 1. The van der Waals surface area contributed by atoms with Crippen LogP contribution in [0.5, 0.6) is 0 Å². The van der Waals surface area contributed by atoms with Gasteiger partial charge in [0.1, 0.15) is 4.60 Å². The van der Waals surface area contributed by atoms with Crippen LogP contribution in [0.2, 0.25) is 0 Å². The van der Waals surface area contributed by atoms with Crippen LogP contribution in [-0.2, 0) is 21.2 Å². The normalized spacial score (nSPS) is 21.4. The van der Waals surface area contributed by atoms with Gasteiger partial charge in [0.05, 0.1) is 18.4 Å². The van der Waals surface area contributed by atoms with Crippen molar-refractivity contribution >= 4 is 32.0 Å². The summed E-state index contributed by atoms with van der Waals surface area (Å²) in [4.78, 5) is 18.5. The first-order valence-electron chi connectivity index (χ1n) is 8.21. The van der Waals surface area contributed by atoms with Crippen LogP contribution < -0.4 is 4.72 Å². The summed E-state index contributed by atoms with van der Waals surface area (Å²) < 4.78 is 32.2. The fraction of sp³-hybridized carbons (Fsp3) is 0.625. The van der Waals surface area contributed by atoms with Crippen LogP contribution in [0.4, 0.5) is 4.79 Å². The summed E-state index contributed by atoms with van der Waals surface area (Å²) in [6, 6.07) is 4.83. The van der Waals surface area contributed by atoms with Crippen LogP contribution in [0.3, 0.4) is 0 Å². The minimum atomic E-state index is -3.39. The van der Waals surface area contributed by atoms with E-state index in [-0.39, 0.29) is 18.2 Å². The number of sulfonamides is 1. The van der Waals surface area contributed by atoms with Gasteiger partial charge >= 0.3 is 6.09 Å². The van der Waals surface area contributed by atoms with Crippen molar-refractivity contribution in [2.45, 2.75) is 51.3 Å². The van der Waals surface area contributed by atoms with Crippen molar-refractivity contribution < 1.29 is 17.9 Å². The van der Waals surface area contributed by atoms with Gasteiger partial charge in [0.2, 0.25) is 10.0 Å². The van der Waals surface area contributed by atoms with Gasteiger partial charge in [-0.3, -0.25) is 0 Å². The van der Waals surface area contributed by atoms with Crippen molar-refractivity contribution in [3.8, 4) is 0 Å². The topological polar surface area (TPSA) is 88.6 Å². The first-order chi connectivity index (χ1) is 11.7. The third-order valence-electron chi connectivity index (χ3n) is 3.91. The van der Waals surface area contributed by atoms with Gasteiger partial charge in [-0.05, 0) is 54.8 Å². The zero-order chi connectivity index (χ0) is 18.6. The van der Waals surface area contributed by atoms with Gasteiger partial charge in [0, 0.05) is 24.7 Å². The van der Waals surface area contributed by atoms with Crippen molar-refractivity contribution in [3.05, 3.63) is 28.5 Å². The molecule has 1 aliphatic rings. The van der Waals surface area contributed by atoms with E-state index in [1.54, 1.807) is 18.7 Å². The molecule has 0 radical (unpaired) electrons. The summed E-state index contributed by atoms with van der Waals surface area (Å²) in [5.74, 6) is 0. The molecule has 0 saturated carbocycles. The number of nitrogens with zero attached hydrogens (tertiary/aromatic N) is 2. The molecule has 2 rings (SSSR count). The number of likely N-dealkylation sites (tertiary alicyclic amines) is 1. The molecule has 2 atom stereocenters. The van der Waals surface area contributed by atoms with Crippen molar-refractivity contribution in [3.63, 3.8) is 0 Å². The second kappa shape index (κ2) is 8.46. The minimum absolute atomic E-state index is 0.236. The number of carbonyl (C=O) groups is 1. The van der Waals surface area contributed by atoms with E-state index in [1.807, 2.05) is 18.2 Å². The maximum Gasteiger partial charge on any atom is 0.410 e. The Morgan fingerprint density at radius 1 is 1.48 bits per heavy atom. The Bertz CT molecular complexity index is 711. The third-order valence-corrected chi connectivity index (χ3v) is 5.08. The van der Waals surface area contributed by atoms with Gasteiger partial charge in [-0.2, -0.15) is 0 Å². The molecule has 0 aromatic carbocycles. The molecule has 25 heavy (non-hydrogen) atoms. The number of halogens is 1. The molecule has 0 aliphatic carbocycles. The van der Waals surface area contributed by atoms with Crippen LogP contribution in [0.15, 0.2) is 22.8 Å². The zero-order valence-corrected chi connectivity index (χ0v) is 17.0. The maximum atomic E-state index is 12.5. The van der Waals surface area contributed by atoms with Crippen molar-refractivity contribution in [2.24, 2.45) is 0 Å². The Hall–Kier alpha value is -1.19. The summed E-state index contributed by atoms with van der Waals surface area (Å²) in [5.41, 5.74) is 0.781. The van der Waals surface area contributed by atoms with Gasteiger partial charge in [0.15, 0.2) is 0 Å². The molecule has 9 heteroatoms. The highest BCUT2D eigenvalue weighted by Gasteiger charge is 2.37. The second-order valence-electron chi connectivity index (χ2n) is 6.49. The lowest BCUT2D eigenvalue weighted by Crippen LogP contribution is -2.58. The fourth-order valence-electron chi connectivity index (χ4n) is 3.00. The van der Waals surface area contributed by atoms with Crippen LogP contribution in [-0.4, -0.2) is 55.4 Å². The van der Waals surface area contributed by atoms with E-state index in [4.69, 9.17) is 4.74 Å². The van der Waals surface area contributed by atoms with E-state index < -0.39 is 16.1 Å². The number of pyridine rings is 1. The Morgan fingerprint density at radius 2 is 2.20 bits per heavy atom. The monoisotopic (exact) mass is 433 g/mol. The quantitative estimate of drug-likeness (QED) is 0.719. The highest BCUT2D eigenvalue weighted by Crippen LogP contribution is 2.23. The predicted octanol–water partition coefficient (Wildman–Crippen LogP) is 2.31. The lowest BCUT2D eigenvalue weighted by atomic mass is 9.93. The molecule has 140 valence electrons. The van der Waals surface area contributed by atoms with E-state index in [9.17, 15) is 13.2 Å². The van der Waals surface area contributed by atoms with Crippen molar-refractivity contribution in [2.75, 3.05) is 12.8 Å². The summed E-state index contributed by atoms with van der Waals surface area (Å²) in [7, 11) is -3.39. The zero-order valence-electron chi connectivity index (χ0n) is 14.6. The van der Waals surface area contributed by atoms with E-state index >= 15 is 0 Å². The van der Waals surface area contributed by atoms with Crippen molar-refractivity contribution in [1.29, 1.82) is 0 Å². The largest absolute Gasteiger partial charge is 0.447 e. The van der Waals surface area contributed by atoms with Gasteiger partial charge in [-0.15, -0.1) is 0 Å². The molecule has 0 spiro atoms. The molecular weight excluding hydrogens is 410 g/mol. The smallest absolute Gasteiger partial charge is 0.410 e. The van der Waals surface area contributed by atoms with Gasteiger partial charge in [-0.25, -0.2) is 22.9 Å².